The first-order chi connectivity index (χ1) is 42.0. The van der Waals surface area contributed by atoms with E-state index in [1.54, 1.807) is 0 Å². The van der Waals surface area contributed by atoms with E-state index in [1.165, 1.54) is 70.6 Å². The highest BCUT2D eigenvalue weighted by Crippen LogP contribution is 2.38. The average molecular weight is 1210 g/mol. The minimum atomic E-state index is -4.66. The molecule has 10 heteroatoms. The second-order valence-corrected chi connectivity index (χ2v) is 24.5. The van der Waals surface area contributed by atoms with Crippen molar-refractivity contribution >= 4 is 19.8 Å². The largest absolute Gasteiger partial charge is 0.756 e. The van der Waals surface area contributed by atoms with E-state index in [0.717, 1.165) is 141 Å². The fraction of sp³-hybridized carbons (Fsp3) is 0.605. The summed E-state index contributed by atoms with van der Waals surface area (Å²) in [6, 6.07) is 0. The third-order valence-corrected chi connectivity index (χ3v) is 14.7. The second kappa shape index (κ2) is 64.8. The van der Waals surface area contributed by atoms with Gasteiger partial charge in [0.1, 0.15) is 19.8 Å². The normalized spacial score (nSPS) is 14.3. The lowest BCUT2D eigenvalue weighted by Crippen LogP contribution is -2.37. The number of allylic oxidation sites excluding steroid dienone is 28. The van der Waals surface area contributed by atoms with Gasteiger partial charge in [0.25, 0.3) is 7.82 Å². The number of rotatable bonds is 60. The van der Waals surface area contributed by atoms with Crippen LogP contribution >= 0.6 is 7.82 Å². The molecule has 0 aliphatic heterocycles. The SMILES string of the molecule is CC/C=C\C/C=C\C/C=C\C/C=C\C/C=C\C/C=C\C/C=C\C/C=C\C/C=C\C/C=C\CCCCCCC(=O)OC(COC(=O)CCCCCCCCCCCCCCCC/C=C\C/C=C\C/C=C\C/C=C\CC)COP(=O)([O-])OCC[N+](C)(C)C. The van der Waals surface area contributed by atoms with Crippen LogP contribution in [0.1, 0.15) is 245 Å². The molecular weight excluding hydrogens is 1090 g/mol. The van der Waals surface area contributed by atoms with Crippen LogP contribution in [0.3, 0.4) is 0 Å². The van der Waals surface area contributed by atoms with E-state index in [9.17, 15) is 19.0 Å². The van der Waals surface area contributed by atoms with E-state index in [4.69, 9.17) is 18.5 Å². The molecule has 0 fully saturated rings. The molecule has 0 aliphatic rings. The highest BCUT2D eigenvalue weighted by molar-refractivity contribution is 7.45. The van der Waals surface area contributed by atoms with Crippen LogP contribution in [0.5, 0.6) is 0 Å². The third kappa shape index (κ3) is 68.5. The van der Waals surface area contributed by atoms with Gasteiger partial charge in [0.2, 0.25) is 0 Å². The van der Waals surface area contributed by atoms with Crippen molar-refractivity contribution in [3.8, 4) is 0 Å². The number of hydrogen-bond acceptors (Lipinski definition) is 8. The molecule has 0 aromatic rings. The van der Waals surface area contributed by atoms with Gasteiger partial charge in [-0.2, -0.15) is 0 Å². The summed E-state index contributed by atoms with van der Waals surface area (Å²) in [5, 5.41) is 0. The summed E-state index contributed by atoms with van der Waals surface area (Å²) in [7, 11) is 1.13. The topological polar surface area (TPSA) is 111 Å². The highest BCUT2D eigenvalue weighted by Gasteiger charge is 2.22. The third-order valence-electron chi connectivity index (χ3n) is 13.7. The number of quaternary nitrogens is 1. The van der Waals surface area contributed by atoms with Crippen molar-refractivity contribution in [1.29, 1.82) is 0 Å². The molecule has 0 spiro atoms. The molecule has 0 saturated heterocycles. The molecule has 0 heterocycles. The van der Waals surface area contributed by atoms with Gasteiger partial charge in [-0.3, -0.25) is 14.2 Å². The lowest BCUT2D eigenvalue weighted by molar-refractivity contribution is -0.870. The summed E-state index contributed by atoms with van der Waals surface area (Å²) in [4.78, 5) is 38.0. The predicted molar refractivity (Wildman–Crippen MR) is 369 cm³/mol. The average Bonchev–Trinajstić information content (AvgIpc) is 3.56. The molecule has 0 amide bonds. The number of unbranched alkanes of at least 4 members (excludes halogenated alkanes) is 18. The van der Waals surface area contributed by atoms with Crippen molar-refractivity contribution in [3.05, 3.63) is 170 Å². The Morgan fingerprint density at radius 1 is 0.360 bits per heavy atom. The second-order valence-electron chi connectivity index (χ2n) is 23.1. The van der Waals surface area contributed by atoms with E-state index >= 15 is 0 Å². The lowest BCUT2D eigenvalue weighted by Gasteiger charge is -2.28. The number of ether oxygens (including phenoxy) is 2. The number of carbonyl (C=O) groups is 2. The predicted octanol–water partition coefficient (Wildman–Crippen LogP) is 21.5. The van der Waals surface area contributed by atoms with Gasteiger partial charge in [0, 0.05) is 12.8 Å². The Hall–Kier alpha value is -4.63. The van der Waals surface area contributed by atoms with E-state index in [0.29, 0.717) is 17.4 Å². The molecule has 86 heavy (non-hydrogen) atoms. The fourth-order valence-electron chi connectivity index (χ4n) is 8.62. The molecule has 486 valence electrons. The standard InChI is InChI=1S/C76H124NO8P/c1-6-8-10-12-14-16-18-20-22-24-26-28-30-32-34-35-36-37-38-39-40-41-43-45-47-49-51-53-55-57-59-61-63-65-67-69-76(79)85-74(73-84-86(80,81)83-71-70-77(3,4)5)72-82-75(78)68-66-64-62-60-58-56-54-52-50-48-46-44-42-33-31-29-27-25-23-21-19-17-15-13-11-9-7-2/h8-11,14-17,20-23,26-29,32,34,36-37,39-40,43,45,49,51,55,57,74H,6-7,12-13,18-19,24-25,30-31,33,35,38,41-42,44,46-48,50,52-54,56,58-73H2,1-5H3/b10-8-,11-9-,16-14-,17-15-,22-20-,23-21-,28-26-,29-27-,34-32-,37-36-,40-39-,45-43-,51-49-,57-55-. The van der Waals surface area contributed by atoms with Crippen molar-refractivity contribution < 1.29 is 42.1 Å². The van der Waals surface area contributed by atoms with Crippen molar-refractivity contribution in [1.82, 2.24) is 0 Å². The van der Waals surface area contributed by atoms with Gasteiger partial charge in [-0.05, 0) is 128 Å². The molecule has 0 aromatic heterocycles. The molecule has 0 aromatic carbocycles. The molecule has 2 atom stereocenters. The molecule has 0 radical (unpaired) electrons. The number of esters is 2. The zero-order valence-electron chi connectivity index (χ0n) is 55.2. The van der Waals surface area contributed by atoms with E-state index in [-0.39, 0.29) is 26.1 Å². The van der Waals surface area contributed by atoms with Crippen LogP contribution < -0.4 is 4.89 Å². The summed E-state index contributed by atoms with van der Waals surface area (Å²) in [6.45, 7) is 3.97. The van der Waals surface area contributed by atoms with Gasteiger partial charge >= 0.3 is 11.9 Å². The Labute approximate surface area is 528 Å². The fourth-order valence-corrected chi connectivity index (χ4v) is 9.35. The molecule has 2 unspecified atom stereocenters. The summed E-state index contributed by atoms with van der Waals surface area (Å²) in [5.41, 5.74) is 0. The maximum absolute atomic E-state index is 12.8. The quantitative estimate of drug-likeness (QED) is 0.0195. The van der Waals surface area contributed by atoms with Gasteiger partial charge in [-0.1, -0.05) is 274 Å². The molecule has 0 bridgehead atoms. The van der Waals surface area contributed by atoms with Gasteiger partial charge < -0.3 is 27.9 Å². The summed E-state index contributed by atoms with van der Waals surface area (Å²) in [6.07, 6.45) is 98.5. The Morgan fingerprint density at radius 3 is 0.930 bits per heavy atom. The van der Waals surface area contributed by atoms with E-state index < -0.39 is 32.5 Å². The Morgan fingerprint density at radius 2 is 0.628 bits per heavy atom. The van der Waals surface area contributed by atoms with Crippen LogP contribution in [0.4, 0.5) is 0 Å². The molecule has 0 saturated carbocycles. The van der Waals surface area contributed by atoms with Crippen molar-refractivity contribution in [2.75, 3.05) is 47.5 Å². The van der Waals surface area contributed by atoms with Crippen molar-refractivity contribution in [3.63, 3.8) is 0 Å². The van der Waals surface area contributed by atoms with Crippen LogP contribution in [0.2, 0.25) is 0 Å². The van der Waals surface area contributed by atoms with Crippen molar-refractivity contribution in [2.24, 2.45) is 0 Å². The zero-order chi connectivity index (χ0) is 62.6. The number of nitrogens with zero attached hydrogens (tertiary/aromatic N) is 1. The first-order valence-corrected chi connectivity index (χ1v) is 35.3. The summed E-state index contributed by atoms with van der Waals surface area (Å²) in [5.74, 6) is -0.872. The van der Waals surface area contributed by atoms with Gasteiger partial charge in [0.15, 0.2) is 6.10 Å². The number of hydrogen-bond donors (Lipinski definition) is 0. The van der Waals surface area contributed by atoms with Gasteiger partial charge in [0.05, 0.1) is 27.7 Å². The molecule has 0 N–H and O–H groups in total. The van der Waals surface area contributed by atoms with Gasteiger partial charge in [-0.15, -0.1) is 0 Å². The number of phosphoric acid groups is 1. The van der Waals surface area contributed by atoms with Crippen molar-refractivity contribution in [2.45, 2.75) is 251 Å². The maximum Gasteiger partial charge on any atom is 0.306 e. The monoisotopic (exact) mass is 1210 g/mol. The molecular formula is C76H124NO8P. The molecule has 9 nitrogen and oxygen atoms in total. The van der Waals surface area contributed by atoms with Crippen LogP contribution in [-0.2, 0) is 32.7 Å². The number of phosphoric ester groups is 1. The first kappa shape index (κ1) is 81.4. The van der Waals surface area contributed by atoms with E-state index in [1.807, 2.05) is 21.1 Å². The summed E-state index contributed by atoms with van der Waals surface area (Å²) >= 11 is 0. The minimum Gasteiger partial charge on any atom is -0.756 e. The zero-order valence-corrected chi connectivity index (χ0v) is 56.1. The minimum absolute atomic E-state index is 0.0452. The Bertz CT molecular complexity index is 2060. The van der Waals surface area contributed by atoms with Crippen LogP contribution in [-0.4, -0.2) is 70.0 Å². The van der Waals surface area contributed by atoms with Crippen LogP contribution in [0.15, 0.2) is 170 Å². The van der Waals surface area contributed by atoms with Crippen LogP contribution in [0, 0.1) is 0 Å². The maximum atomic E-state index is 12.8. The summed E-state index contributed by atoms with van der Waals surface area (Å²) < 4.78 is 34.2. The van der Waals surface area contributed by atoms with E-state index in [2.05, 4.69) is 184 Å². The van der Waals surface area contributed by atoms with Gasteiger partial charge in [-0.25, -0.2) is 0 Å². The lowest BCUT2D eigenvalue weighted by atomic mass is 10.0. The molecule has 0 rings (SSSR count). The Kier molecular flexibility index (Phi) is 61.3. The Balaban J connectivity index is 4.20. The number of likely N-dealkylation sites (N-methyl/N-ethyl adjacent to an activating group) is 1. The molecule has 0 aliphatic carbocycles. The van der Waals surface area contributed by atoms with Crippen LogP contribution in [0.25, 0.3) is 0 Å². The first-order valence-electron chi connectivity index (χ1n) is 33.8. The smallest absolute Gasteiger partial charge is 0.306 e. The highest BCUT2D eigenvalue weighted by atomic mass is 31.2. The number of carbonyl (C=O) groups excluding carboxylic acids is 2.